The van der Waals surface area contributed by atoms with Crippen LogP contribution in [-0.2, 0) is 0 Å². The summed E-state index contributed by atoms with van der Waals surface area (Å²) >= 11 is 3.31. The van der Waals surface area contributed by atoms with Crippen molar-refractivity contribution < 1.29 is 0 Å². The molecule has 0 saturated heterocycles. The third-order valence-electron chi connectivity index (χ3n) is 2.03. The minimum Gasteiger partial charge on any atom is -0.197 e. The van der Waals surface area contributed by atoms with Crippen molar-refractivity contribution in [2.24, 2.45) is 0 Å². The van der Waals surface area contributed by atoms with Gasteiger partial charge in [0.15, 0.2) is 0 Å². The van der Waals surface area contributed by atoms with Crippen molar-refractivity contribution in [3.63, 3.8) is 0 Å². The molecule has 0 aliphatic rings. The Labute approximate surface area is 81.2 Å². The van der Waals surface area contributed by atoms with Gasteiger partial charge in [-0.05, 0) is 30.5 Å². The Balaban J connectivity index is 3.18. The van der Waals surface area contributed by atoms with Crippen LogP contribution in [0.2, 0.25) is 0 Å². The van der Waals surface area contributed by atoms with Gasteiger partial charge in [-0.2, -0.15) is 5.26 Å². The second-order valence-corrected chi connectivity index (χ2v) is 3.70. The van der Waals surface area contributed by atoms with Crippen molar-refractivity contribution in [3.8, 4) is 6.07 Å². The Bertz CT molecular complexity index is 325. The average Bonchev–Trinajstić information content (AvgIpc) is 2.08. The first-order valence-electron chi connectivity index (χ1n) is 3.76. The summed E-state index contributed by atoms with van der Waals surface area (Å²) in [6.07, 6.45) is 0. The molecule has 0 N–H and O–H groups in total. The molecule has 0 aliphatic carbocycles. The molecule has 0 bridgehead atoms. The van der Waals surface area contributed by atoms with Gasteiger partial charge in [0.05, 0.1) is 6.07 Å². The normalized spacial score (nSPS) is 12.2. The van der Waals surface area contributed by atoms with Gasteiger partial charge in [0.25, 0.3) is 0 Å². The second-order valence-electron chi connectivity index (χ2n) is 2.78. The zero-order valence-electron chi connectivity index (χ0n) is 7.13. The van der Waals surface area contributed by atoms with Gasteiger partial charge in [-0.15, -0.1) is 0 Å². The lowest BCUT2D eigenvalue weighted by atomic mass is 10.0. The molecule has 1 aromatic rings. The molecule has 2 heteroatoms. The van der Waals surface area contributed by atoms with Crippen LogP contribution in [0.1, 0.15) is 21.5 Å². The van der Waals surface area contributed by atoms with E-state index in [0.717, 1.165) is 5.56 Å². The molecule has 1 nitrogen and oxygen atoms in total. The van der Waals surface area contributed by atoms with Crippen LogP contribution in [0.4, 0.5) is 0 Å². The third-order valence-corrected chi connectivity index (χ3v) is 2.73. The summed E-state index contributed by atoms with van der Waals surface area (Å²) in [4.78, 5) is -0.183. The zero-order valence-corrected chi connectivity index (χ0v) is 8.72. The Morgan fingerprint density at radius 3 is 2.67 bits per heavy atom. The Hall–Kier alpha value is -0.810. The molecule has 1 atom stereocenters. The van der Waals surface area contributed by atoms with Crippen LogP contribution in [-0.4, -0.2) is 0 Å². The molecule has 62 valence electrons. The fourth-order valence-corrected chi connectivity index (χ4v) is 1.61. The van der Waals surface area contributed by atoms with Crippen molar-refractivity contribution in [1.29, 1.82) is 5.26 Å². The van der Waals surface area contributed by atoms with Crippen molar-refractivity contribution in [2.75, 3.05) is 0 Å². The third kappa shape index (κ3) is 1.67. The van der Waals surface area contributed by atoms with E-state index in [4.69, 9.17) is 5.26 Å². The molecule has 1 unspecified atom stereocenters. The zero-order chi connectivity index (χ0) is 9.14. The quantitative estimate of drug-likeness (QED) is 0.671. The molecule has 1 aromatic carbocycles. The summed E-state index contributed by atoms with van der Waals surface area (Å²) in [5.41, 5.74) is 3.49. The molecule has 0 heterocycles. The van der Waals surface area contributed by atoms with E-state index in [-0.39, 0.29) is 4.83 Å². The molecular weight excluding hydrogens is 214 g/mol. The van der Waals surface area contributed by atoms with E-state index in [9.17, 15) is 0 Å². The summed E-state index contributed by atoms with van der Waals surface area (Å²) in [6, 6.07) is 8.17. The van der Waals surface area contributed by atoms with Gasteiger partial charge in [0.2, 0.25) is 0 Å². The van der Waals surface area contributed by atoms with Gasteiger partial charge in [0.1, 0.15) is 4.83 Å². The highest BCUT2D eigenvalue weighted by Gasteiger charge is 2.08. The van der Waals surface area contributed by atoms with Crippen molar-refractivity contribution >= 4 is 15.9 Å². The fourth-order valence-electron chi connectivity index (χ4n) is 1.12. The monoisotopic (exact) mass is 223 g/mol. The van der Waals surface area contributed by atoms with Crippen molar-refractivity contribution in [1.82, 2.24) is 0 Å². The maximum absolute atomic E-state index is 8.71. The molecule has 1 rings (SSSR count). The Kier molecular flexibility index (Phi) is 2.88. The van der Waals surface area contributed by atoms with Gasteiger partial charge < -0.3 is 0 Å². The summed E-state index contributed by atoms with van der Waals surface area (Å²) in [5, 5.41) is 8.71. The second kappa shape index (κ2) is 3.73. The van der Waals surface area contributed by atoms with E-state index in [0.29, 0.717) is 0 Å². The predicted molar refractivity (Wildman–Crippen MR) is 53.2 cm³/mol. The maximum atomic E-state index is 8.71. The first kappa shape index (κ1) is 9.28. The smallest absolute Gasteiger partial charge is 0.126 e. The molecule has 0 saturated carbocycles. The predicted octanol–water partition coefficient (Wildman–Crippen LogP) is 3.26. The standard InChI is InChI=1S/C10H10BrN/c1-7-4-3-5-9(8(7)2)10(11)6-12/h3-5,10H,1-2H3. The highest BCUT2D eigenvalue weighted by atomic mass is 79.9. The number of hydrogen-bond acceptors (Lipinski definition) is 1. The lowest BCUT2D eigenvalue weighted by molar-refractivity contribution is 1.17. The van der Waals surface area contributed by atoms with Crippen molar-refractivity contribution in [3.05, 3.63) is 34.9 Å². The Morgan fingerprint density at radius 2 is 2.08 bits per heavy atom. The Morgan fingerprint density at radius 1 is 1.42 bits per heavy atom. The maximum Gasteiger partial charge on any atom is 0.126 e. The number of aryl methyl sites for hydroxylation is 1. The molecule has 12 heavy (non-hydrogen) atoms. The molecule has 0 aliphatic heterocycles. The highest BCUT2D eigenvalue weighted by molar-refractivity contribution is 9.09. The molecule has 0 radical (unpaired) electrons. The van der Waals surface area contributed by atoms with E-state index in [2.05, 4.69) is 35.0 Å². The average molecular weight is 224 g/mol. The van der Waals surface area contributed by atoms with E-state index >= 15 is 0 Å². The molecular formula is C10H10BrN. The SMILES string of the molecule is Cc1cccc(C(Br)C#N)c1C. The number of hydrogen-bond donors (Lipinski definition) is 0. The minimum atomic E-state index is -0.183. The van der Waals surface area contributed by atoms with Crippen LogP contribution in [0.25, 0.3) is 0 Å². The fraction of sp³-hybridized carbons (Fsp3) is 0.300. The highest BCUT2D eigenvalue weighted by Crippen LogP contribution is 2.26. The molecule has 0 fully saturated rings. The van der Waals surface area contributed by atoms with Gasteiger partial charge in [-0.1, -0.05) is 34.1 Å². The summed E-state index contributed by atoms with van der Waals surface area (Å²) in [6.45, 7) is 4.09. The van der Waals surface area contributed by atoms with Gasteiger partial charge >= 0.3 is 0 Å². The van der Waals surface area contributed by atoms with Gasteiger partial charge in [-0.25, -0.2) is 0 Å². The van der Waals surface area contributed by atoms with Gasteiger partial charge in [-0.3, -0.25) is 0 Å². The van der Waals surface area contributed by atoms with Crippen LogP contribution < -0.4 is 0 Å². The van der Waals surface area contributed by atoms with E-state index in [1.54, 1.807) is 0 Å². The summed E-state index contributed by atoms with van der Waals surface area (Å²) < 4.78 is 0. The lowest BCUT2D eigenvalue weighted by Crippen LogP contribution is -1.92. The summed E-state index contributed by atoms with van der Waals surface area (Å²) in [5.74, 6) is 0. The number of benzene rings is 1. The molecule has 0 amide bonds. The van der Waals surface area contributed by atoms with E-state index in [1.807, 2.05) is 19.1 Å². The number of nitriles is 1. The van der Waals surface area contributed by atoms with Crippen LogP contribution in [0, 0.1) is 25.2 Å². The molecule has 0 spiro atoms. The van der Waals surface area contributed by atoms with Crippen LogP contribution in [0.5, 0.6) is 0 Å². The molecule has 0 aromatic heterocycles. The first-order valence-corrected chi connectivity index (χ1v) is 4.68. The van der Waals surface area contributed by atoms with Crippen LogP contribution in [0.15, 0.2) is 18.2 Å². The van der Waals surface area contributed by atoms with Crippen LogP contribution in [0.3, 0.4) is 0 Å². The van der Waals surface area contributed by atoms with Crippen molar-refractivity contribution in [2.45, 2.75) is 18.7 Å². The lowest BCUT2D eigenvalue weighted by Gasteiger charge is -2.07. The number of nitrogens with zero attached hydrogens (tertiary/aromatic N) is 1. The number of rotatable bonds is 1. The van der Waals surface area contributed by atoms with E-state index < -0.39 is 0 Å². The number of alkyl halides is 1. The first-order chi connectivity index (χ1) is 5.66. The topological polar surface area (TPSA) is 23.8 Å². The van der Waals surface area contributed by atoms with Crippen LogP contribution >= 0.6 is 15.9 Å². The van der Waals surface area contributed by atoms with Gasteiger partial charge in [0, 0.05) is 0 Å². The number of halogens is 1. The largest absolute Gasteiger partial charge is 0.197 e. The summed E-state index contributed by atoms with van der Waals surface area (Å²) in [7, 11) is 0. The van der Waals surface area contributed by atoms with E-state index in [1.165, 1.54) is 11.1 Å². The minimum absolute atomic E-state index is 0.183.